The summed E-state index contributed by atoms with van der Waals surface area (Å²) in [5.41, 5.74) is 0.827. The van der Waals surface area contributed by atoms with Crippen molar-refractivity contribution in [3.63, 3.8) is 0 Å². The highest BCUT2D eigenvalue weighted by atomic mass is 32.1. The van der Waals surface area contributed by atoms with Crippen LogP contribution < -0.4 is 4.74 Å². The third kappa shape index (κ3) is 3.17. The topological polar surface area (TPSA) is 51.6 Å². The second-order valence-electron chi connectivity index (χ2n) is 5.02. The highest BCUT2D eigenvalue weighted by Crippen LogP contribution is 2.36. The molecule has 0 aliphatic rings. The second kappa shape index (κ2) is 5.91. The maximum Gasteiger partial charge on any atom is 0.124 e. The number of nitrogens with zero attached hydrogens (tertiary/aromatic N) is 1. The number of aliphatic hydroxyl groups is 1. The van der Waals surface area contributed by atoms with E-state index in [1.165, 1.54) is 11.3 Å². The van der Waals surface area contributed by atoms with Gasteiger partial charge in [0, 0.05) is 12.7 Å². The largest absolute Gasteiger partial charge is 0.497 e. The fourth-order valence-corrected chi connectivity index (χ4v) is 3.01. The number of methoxy groups -OCH3 is 2. The molecule has 0 aliphatic carbocycles. The molecule has 1 aromatic carbocycles. The van der Waals surface area contributed by atoms with Crippen molar-refractivity contribution in [2.75, 3.05) is 14.2 Å². The number of benzene rings is 1. The molecule has 0 spiro atoms. The molecule has 0 radical (unpaired) electrons. The molecule has 0 amide bonds. The quantitative estimate of drug-likeness (QED) is 0.920. The van der Waals surface area contributed by atoms with Gasteiger partial charge in [0.25, 0.3) is 0 Å². The van der Waals surface area contributed by atoms with E-state index in [4.69, 9.17) is 9.47 Å². The molecule has 0 aliphatic heterocycles. The lowest BCUT2D eigenvalue weighted by Gasteiger charge is -2.16. The smallest absolute Gasteiger partial charge is 0.124 e. The lowest BCUT2D eigenvalue weighted by molar-refractivity contribution is 0.0782. The van der Waals surface area contributed by atoms with Gasteiger partial charge in [-0.15, -0.1) is 11.3 Å². The van der Waals surface area contributed by atoms with E-state index in [0.717, 1.165) is 26.9 Å². The van der Waals surface area contributed by atoms with Crippen LogP contribution in [0.5, 0.6) is 5.75 Å². The van der Waals surface area contributed by atoms with Crippen molar-refractivity contribution in [2.24, 2.45) is 0 Å². The molecule has 0 atom stereocenters. The van der Waals surface area contributed by atoms with E-state index in [9.17, 15) is 5.11 Å². The number of aromatic nitrogens is 1. The van der Waals surface area contributed by atoms with Crippen LogP contribution in [0.1, 0.15) is 24.4 Å². The lowest BCUT2D eigenvalue weighted by atomic mass is 10.1. The molecule has 0 fully saturated rings. The van der Waals surface area contributed by atoms with Crippen LogP contribution in [-0.2, 0) is 16.9 Å². The molecule has 2 rings (SSSR count). The average molecular weight is 293 g/mol. The van der Waals surface area contributed by atoms with Gasteiger partial charge in [0.15, 0.2) is 0 Å². The third-order valence-corrected chi connectivity index (χ3v) is 4.31. The molecule has 0 unspecified atom stereocenters. The predicted octanol–water partition coefficient (Wildman–Crippen LogP) is 3.19. The number of rotatable bonds is 5. The van der Waals surface area contributed by atoms with Gasteiger partial charge in [0.05, 0.1) is 29.9 Å². The summed E-state index contributed by atoms with van der Waals surface area (Å²) in [5, 5.41) is 11.1. The van der Waals surface area contributed by atoms with Crippen molar-refractivity contribution < 1.29 is 14.6 Å². The van der Waals surface area contributed by atoms with Gasteiger partial charge in [-0.25, -0.2) is 4.98 Å². The zero-order valence-electron chi connectivity index (χ0n) is 12.1. The van der Waals surface area contributed by atoms with Crippen molar-refractivity contribution >= 4 is 11.3 Å². The molecule has 108 valence electrons. The summed E-state index contributed by atoms with van der Waals surface area (Å²) in [6.45, 7) is 3.91. The molecule has 0 saturated heterocycles. The van der Waals surface area contributed by atoms with E-state index in [-0.39, 0.29) is 0 Å². The van der Waals surface area contributed by atoms with Crippen LogP contribution in [0, 0.1) is 0 Å². The molecule has 5 heteroatoms. The highest BCUT2D eigenvalue weighted by Gasteiger charge is 2.25. The SMILES string of the molecule is COCc1nc(-c2cccc(OC)c2)sc1C(C)(C)O. The Balaban J connectivity index is 2.47. The van der Waals surface area contributed by atoms with E-state index in [2.05, 4.69) is 4.98 Å². The van der Waals surface area contributed by atoms with E-state index < -0.39 is 5.60 Å². The van der Waals surface area contributed by atoms with E-state index >= 15 is 0 Å². The van der Waals surface area contributed by atoms with Crippen LogP contribution in [0.3, 0.4) is 0 Å². The molecule has 4 nitrogen and oxygen atoms in total. The Kier molecular flexibility index (Phi) is 4.42. The number of hydrogen-bond donors (Lipinski definition) is 1. The summed E-state index contributed by atoms with van der Waals surface area (Å²) >= 11 is 1.48. The van der Waals surface area contributed by atoms with Crippen LogP contribution in [0.25, 0.3) is 10.6 Å². The zero-order valence-corrected chi connectivity index (χ0v) is 13.0. The summed E-state index contributed by atoms with van der Waals surface area (Å²) < 4.78 is 10.4. The monoisotopic (exact) mass is 293 g/mol. The molecule has 2 aromatic rings. The standard InChI is InChI=1S/C15H19NO3S/c1-15(2,17)13-12(9-18-3)16-14(20-13)10-6-5-7-11(8-10)19-4/h5-8,17H,9H2,1-4H3. The zero-order chi connectivity index (χ0) is 14.8. The Morgan fingerprint density at radius 3 is 2.65 bits per heavy atom. The molecule has 0 saturated carbocycles. The Hall–Kier alpha value is -1.43. The summed E-state index contributed by atoms with van der Waals surface area (Å²) in [7, 11) is 3.26. The van der Waals surface area contributed by atoms with Gasteiger partial charge in [0.1, 0.15) is 10.8 Å². The number of hydrogen-bond acceptors (Lipinski definition) is 5. The van der Waals surface area contributed by atoms with Crippen molar-refractivity contribution in [3.8, 4) is 16.3 Å². The lowest BCUT2D eigenvalue weighted by Crippen LogP contribution is -2.16. The fraction of sp³-hybridized carbons (Fsp3) is 0.400. The minimum absolute atomic E-state index is 0.389. The van der Waals surface area contributed by atoms with Crippen LogP contribution in [0.4, 0.5) is 0 Å². The Morgan fingerprint density at radius 2 is 2.05 bits per heavy atom. The number of ether oxygens (including phenoxy) is 2. The number of thiazole rings is 1. The molecule has 1 N–H and O–H groups in total. The van der Waals surface area contributed by atoms with Crippen molar-refractivity contribution in [3.05, 3.63) is 34.8 Å². The van der Waals surface area contributed by atoms with Gasteiger partial charge in [-0.1, -0.05) is 12.1 Å². The summed E-state index contributed by atoms with van der Waals surface area (Å²) in [4.78, 5) is 5.42. The van der Waals surface area contributed by atoms with Crippen molar-refractivity contribution in [1.29, 1.82) is 0 Å². The first-order chi connectivity index (χ1) is 9.45. The van der Waals surface area contributed by atoms with Crippen molar-refractivity contribution in [1.82, 2.24) is 4.98 Å². The van der Waals surface area contributed by atoms with Gasteiger partial charge < -0.3 is 14.6 Å². The van der Waals surface area contributed by atoms with Gasteiger partial charge in [-0.2, -0.15) is 0 Å². The minimum Gasteiger partial charge on any atom is -0.497 e. The van der Waals surface area contributed by atoms with Gasteiger partial charge >= 0.3 is 0 Å². The summed E-state index contributed by atoms with van der Waals surface area (Å²) in [5.74, 6) is 0.788. The highest BCUT2D eigenvalue weighted by molar-refractivity contribution is 7.15. The van der Waals surface area contributed by atoms with Crippen LogP contribution in [-0.4, -0.2) is 24.3 Å². The average Bonchev–Trinajstić information content (AvgIpc) is 2.83. The maximum absolute atomic E-state index is 10.2. The predicted molar refractivity (Wildman–Crippen MR) is 80.1 cm³/mol. The van der Waals surface area contributed by atoms with Gasteiger partial charge in [-0.3, -0.25) is 0 Å². The first-order valence-electron chi connectivity index (χ1n) is 6.31. The summed E-state index contributed by atoms with van der Waals surface area (Å²) in [6, 6.07) is 7.73. The van der Waals surface area contributed by atoms with Crippen LogP contribution in [0.15, 0.2) is 24.3 Å². The molecule has 1 aromatic heterocycles. The first-order valence-corrected chi connectivity index (χ1v) is 7.13. The third-order valence-electron chi connectivity index (χ3n) is 2.85. The van der Waals surface area contributed by atoms with E-state index in [1.807, 2.05) is 24.3 Å². The molecule has 1 heterocycles. The maximum atomic E-state index is 10.2. The van der Waals surface area contributed by atoms with Gasteiger partial charge in [-0.05, 0) is 26.0 Å². The Labute approximate surface area is 123 Å². The van der Waals surface area contributed by atoms with Crippen LogP contribution in [0.2, 0.25) is 0 Å². The van der Waals surface area contributed by atoms with E-state index in [1.54, 1.807) is 28.1 Å². The molecular formula is C15H19NO3S. The van der Waals surface area contributed by atoms with E-state index in [0.29, 0.717) is 6.61 Å². The molecule has 0 bridgehead atoms. The molecular weight excluding hydrogens is 274 g/mol. The normalized spacial score (nSPS) is 11.7. The Bertz CT molecular complexity index is 587. The molecule has 20 heavy (non-hydrogen) atoms. The second-order valence-corrected chi connectivity index (χ2v) is 6.02. The Morgan fingerprint density at radius 1 is 1.30 bits per heavy atom. The summed E-state index contributed by atoms with van der Waals surface area (Å²) in [6.07, 6.45) is 0. The fourth-order valence-electron chi connectivity index (χ4n) is 1.94. The van der Waals surface area contributed by atoms with Crippen molar-refractivity contribution in [2.45, 2.75) is 26.1 Å². The van der Waals surface area contributed by atoms with Crippen LogP contribution >= 0.6 is 11.3 Å². The first kappa shape index (κ1) is 15.0. The minimum atomic E-state index is -0.928. The van der Waals surface area contributed by atoms with Gasteiger partial charge in [0.2, 0.25) is 0 Å².